The number of benzene rings is 1. The Balaban J connectivity index is 1.54. The van der Waals surface area contributed by atoms with E-state index in [2.05, 4.69) is 21.9 Å². The molecule has 2 saturated heterocycles. The number of carbonyl (C=O) groups excluding carboxylic acids is 2. The van der Waals surface area contributed by atoms with Gasteiger partial charge in [0, 0.05) is 51.3 Å². The highest BCUT2D eigenvalue weighted by Gasteiger charge is 2.39. The normalized spacial score (nSPS) is 20.1. The lowest BCUT2D eigenvalue weighted by Gasteiger charge is -2.35. The quantitative estimate of drug-likeness (QED) is 0.654. The average molecular weight is 479 g/mol. The molecule has 0 spiro atoms. The Morgan fingerprint density at radius 1 is 1.11 bits per heavy atom. The molecule has 186 valence electrons. The summed E-state index contributed by atoms with van der Waals surface area (Å²) in [6, 6.07) is 8.47. The Labute approximate surface area is 206 Å². The van der Waals surface area contributed by atoms with E-state index in [1.54, 1.807) is 14.0 Å². The molecule has 9 nitrogen and oxygen atoms in total. The molecular weight excluding hydrogens is 444 g/mol. The van der Waals surface area contributed by atoms with Crippen LogP contribution in [0.15, 0.2) is 24.3 Å². The second-order valence-electron chi connectivity index (χ2n) is 9.82. The summed E-state index contributed by atoms with van der Waals surface area (Å²) < 4.78 is 5.48. The van der Waals surface area contributed by atoms with E-state index < -0.39 is 0 Å². The molecule has 2 aromatic rings. The fourth-order valence-corrected chi connectivity index (χ4v) is 5.39. The van der Waals surface area contributed by atoms with Gasteiger partial charge in [0.25, 0.3) is 5.91 Å². The Morgan fingerprint density at radius 2 is 1.89 bits per heavy atom. The molecule has 2 fully saturated rings. The van der Waals surface area contributed by atoms with Crippen LogP contribution < -0.4 is 14.5 Å². The van der Waals surface area contributed by atoms with Gasteiger partial charge in [-0.3, -0.25) is 9.59 Å². The first-order valence-electron chi connectivity index (χ1n) is 12.5. The van der Waals surface area contributed by atoms with Gasteiger partial charge in [-0.1, -0.05) is 12.1 Å². The second kappa shape index (κ2) is 9.36. The van der Waals surface area contributed by atoms with Gasteiger partial charge >= 0.3 is 0 Å². The third kappa shape index (κ3) is 4.28. The highest BCUT2D eigenvalue weighted by atomic mass is 16.5. The number of nitrogens with zero attached hydrogens (tertiary/aromatic N) is 6. The van der Waals surface area contributed by atoms with Crippen LogP contribution in [-0.2, 0) is 11.3 Å². The Morgan fingerprint density at radius 3 is 2.57 bits per heavy atom. The van der Waals surface area contributed by atoms with E-state index in [1.807, 2.05) is 35.8 Å². The van der Waals surface area contributed by atoms with E-state index in [0.29, 0.717) is 44.4 Å². The second-order valence-corrected chi connectivity index (χ2v) is 9.82. The summed E-state index contributed by atoms with van der Waals surface area (Å²) >= 11 is 0. The van der Waals surface area contributed by atoms with Crippen LogP contribution in [0.5, 0.6) is 5.75 Å². The predicted octanol–water partition coefficient (Wildman–Crippen LogP) is 2.86. The molecule has 0 bridgehead atoms. The van der Waals surface area contributed by atoms with E-state index in [9.17, 15) is 9.59 Å². The molecule has 1 atom stereocenters. The van der Waals surface area contributed by atoms with Crippen LogP contribution in [-0.4, -0.2) is 77.5 Å². The van der Waals surface area contributed by atoms with Crippen molar-refractivity contribution in [1.29, 1.82) is 0 Å². The molecule has 0 radical (unpaired) electrons. The number of hydrogen-bond acceptors (Lipinski definition) is 7. The standard InChI is InChI=1S/C26H34N6O3/c1-17(2)32-16-21-23(25(32)34)27-26(30-13-11-29(12-14-30)18(3)33)28-24(21)31-10-6-9-22(31)19-7-5-8-20(15-19)35-4/h5,7-8,15,17,22H,6,9-14,16H2,1-4H3. The van der Waals surface area contributed by atoms with Crippen molar-refractivity contribution in [2.75, 3.05) is 49.6 Å². The van der Waals surface area contributed by atoms with Crippen molar-refractivity contribution in [3.8, 4) is 5.75 Å². The van der Waals surface area contributed by atoms with Gasteiger partial charge in [0.15, 0.2) is 0 Å². The molecule has 5 rings (SSSR count). The van der Waals surface area contributed by atoms with Crippen LogP contribution >= 0.6 is 0 Å². The van der Waals surface area contributed by atoms with E-state index >= 15 is 0 Å². The predicted molar refractivity (Wildman–Crippen MR) is 134 cm³/mol. The topological polar surface area (TPSA) is 82.1 Å². The average Bonchev–Trinajstić information content (AvgIpc) is 3.49. The molecule has 0 N–H and O–H groups in total. The van der Waals surface area contributed by atoms with Crippen LogP contribution in [0, 0.1) is 0 Å². The zero-order valence-corrected chi connectivity index (χ0v) is 21.0. The first-order chi connectivity index (χ1) is 16.9. The molecule has 2 amide bonds. The number of carbonyl (C=O) groups is 2. The number of rotatable bonds is 5. The molecule has 1 aromatic carbocycles. The Bertz CT molecular complexity index is 1130. The van der Waals surface area contributed by atoms with Crippen LogP contribution in [0.3, 0.4) is 0 Å². The Kier molecular flexibility index (Phi) is 6.25. The number of amides is 2. The van der Waals surface area contributed by atoms with Gasteiger partial charge in [-0.25, -0.2) is 4.98 Å². The molecule has 4 heterocycles. The van der Waals surface area contributed by atoms with E-state index in [1.165, 1.54) is 5.56 Å². The number of piperazine rings is 1. The van der Waals surface area contributed by atoms with Gasteiger partial charge in [0.2, 0.25) is 11.9 Å². The lowest BCUT2D eigenvalue weighted by atomic mass is 10.0. The van der Waals surface area contributed by atoms with Gasteiger partial charge < -0.3 is 24.3 Å². The summed E-state index contributed by atoms with van der Waals surface area (Å²) in [5.41, 5.74) is 2.63. The number of hydrogen-bond donors (Lipinski definition) is 0. The van der Waals surface area contributed by atoms with Crippen LogP contribution in [0.4, 0.5) is 11.8 Å². The van der Waals surface area contributed by atoms with Crippen LogP contribution in [0.25, 0.3) is 0 Å². The maximum atomic E-state index is 13.3. The van der Waals surface area contributed by atoms with Crippen molar-refractivity contribution in [3.05, 3.63) is 41.1 Å². The molecule has 0 saturated carbocycles. The monoisotopic (exact) mass is 478 g/mol. The third-order valence-electron chi connectivity index (χ3n) is 7.40. The summed E-state index contributed by atoms with van der Waals surface area (Å²) in [5, 5.41) is 0. The minimum Gasteiger partial charge on any atom is -0.497 e. The molecule has 1 unspecified atom stereocenters. The molecular formula is C26H34N6O3. The third-order valence-corrected chi connectivity index (χ3v) is 7.40. The number of anilines is 2. The van der Waals surface area contributed by atoms with Gasteiger partial charge in [-0.2, -0.15) is 4.98 Å². The van der Waals surface area contributed by atoms with Crippen molar-refractivity contribution < 1.29 is 14.3 Å². The van der Waals surface area contributed by atoms with Crippen molar-refractivity contribution in [1.82, 2.24) is 19.8 Å². The smallest absolute Gasteiger partial charge is 0.273 e. The first kappa shape index (κ1) is 23.4. The molecule has 3 aliphatic rings. The summed E-state index contributed by atoms with van der Waals surface area (Å²) in [4.78, 5) is 43.2. The number of fused-ring (bicyclic) bond motifs is 1. The van der Waals surface area contributed by atoms with Crippen LogP contribution in [0.1, 0.15) is 61.3 Å². The van der Waals surface area contributed by atoms with Gasteiger partial charge in [-0.15, -0.1) is 0 Å². The fourth-order valence-electron chi connectivity index (χ4n) is 5.39. The number of methoxy groups -OCH3 is 1. The maximum absolute atomic E-state index is 13.3. The summed E-state index contributed by atoms with van der Waals surface area (Å²) in [6.45, 7) is 9.64. The van der Waals surface area contributed by atoms with Crippen molar-refractivity contribution in [3.63, 3.8) is 0 Å². The summed E-state index contributed by atoms with van der Waals surface area (Å²) in [7, 11) is 1.69. The zero-order valence-electron chi connectivity index (χ0n) is 21.0. The first-order valence-corrected chi connectivity index (χ1v) is 12.5. The number of ether oxygens (including phenoxy) is 1. The minimum atomic E-state index is -0.0283. The minimum absolute atomic E-state index is 0.0283. The summed E-state index contributed by atoms with van der Waals surface area (Å²) in [5.74, 6) is 2.34. The lowest BCUT2D eigenvalue weighted by molar-refractivity contribution is -0.129. The van der Waals surface area contributed by atoms with Gasteiger partial charge in [-0.05, 0) is 44.4 Å². The highest BCUT2D eigenvalue weighted by molar-refractivity contribution is 5.98. The fraction of sp³-hybridized carbons (Fsp3) is 0.538. The lowest BCUT2D eigenvalue weighted by Crippen LogP contribution is -2.48. The number of aromatic nitrogens is 2. The van der Waals surface area contributed by atoms with Gasteiger partial charge in [0.1, 0.15) is 17.3 Å². The zero-order chi connectivity index (χ0) is 24.7. The highest BCUT2D eigenvalue weighted by Crippen LogP contribution is 2.41. The molecule has 0 aliphatic carbocycles. The Hall–Kier alpha value is -3.36. The van der Waals surface area contributed by atoms with Gasteiger partial charge in [0.05, 0.1) is 19.7 Å². The molecule has 1 aromatic heterocycles. The van der Waals surface area contributed by atoms with Crippen molar-refractivity contribution in [2.45, 2.75) is 52.2 Å². The maximum Gasteiger partial charge on any atom is 0.273 e. The van der Waals surface area contributed by atoms with Crippen LogP contribution in [0.2, 0.25) is 0 Å². The molecule has 35 heavy (non-hydrogen) atoms. The molecule has 3 aliphatic heterocycles. The largest absolute Gasteiger partial charge is 0.497 e. The van der Waals surface area contributed by atoms with Crippen molar-refractivity contribution in [2.24, 2.45) is 0 Å². The van der Waals surface area contributed by atoms with E-state index in [-0.39, 0.29) is 23.9 Å². The SMILES string of the molecule is COc1cccc(C2CCCN2c2nc(N3CCN(C(C)=O)CC3)nc3c2CN(C(C)C)C3=O)c1. The van der Waals surface area contributed by atoms with Crippen molar-refractivity contribution >= 4 is 23.6 Å². The van der Waals surface area contributed by atoms with E-state index in [4.69, 9.17) is 14.7 Å². The summed E-state index contributed by atoms with van der Waals surface area (Å²) in [6.07, 6.45) is 2.06. The van der Waals surface area contributed by atoms with E-state index in [0.717, 1.165) is 36.5 Å². The molecule has 9 heteroatoms.